The number of sulfonamides is 1. The van der Waals surface area contributed by atoms with E-state index in [2.05, 4.69) is 28.9 Å². The summed E-state index contributed by atoms with van der Waals surface area (Å²) in [4.78, 5) is 3.98. The van der Waals surface area contributed by atoms with E-state index in [9.17, 15) is 8.42 Å². The van der Waals surface area contributed by atoms with Gasteiger partial charge in [-0.2, -0.15) is 0 Å². The van der Waals surface area contributed by atoms with Gasteiger partial charge < -0.3 is 5.32 Å². The van der Waals surface area contributed by atoms with Crippen LogP contribution in [0.15, 0.2) is 53.7 Å². The summed E-state index contributed by atoms with van der Waals surface area (Å²) in [5.74, 6) is 0. The quantitative estimate of drug-likeness (QED) is 0.859. The molecule has 0 saturated heterocycles. The molecule has 5 nitrogen and oxygen atoms in total. The Morgan fingerprint density at radius 1 is 1.19 bits per heavy atom. The van der Waals surface area contributed by atoms with E-state index in [1.54, 1.807) is 12.1 Å². The van der Waals surface area contributed by atoms with Gasteiger partial charge in [0.25, 0.3) is 10.0 Å². The number of benzene rings is 1. The molecule has 0 aliphatic carbocycles. The van der Waals surface area contributed by atoms with Crippen molar-refractivity contribution in [2.75, 3.05) is 4.72 Å². The lowest BCUT2D eigenvalue weighted by Gasteiger charge is -2.11. The van der Waals surface area contributed by atoms with Gasteiger partial charge in [0, 0.05) is 30.7 Å². The average molecular weight is 305 g/mol. The Bertz CT molecular complexity index is 685. The molecule has 2 rings (SSSR count). The third-order valence-corrected chi connectivity index (χ3v) is 4.20. The number of aromatic nitrogens is 1. The highest BCUT2D eigenvalue weighted by molar-refractivity contribution is 7.92. The predicted molar refractivity (Wildman–Crippen MR) is 83.5 cm³/mol. The molecule has 112 valence electrons. The molecule has 0 aliphatic rings. The maximum absolute atomic E-state index is 12.2. The second kappa shape index (κ2) is 6.69. The Balaban J connectivity index is 2.14. The maximum atomic E-state index is 12.2. The highest BCUT2D eigenvalue weighted by Gasteiger charge is 2.14. The number of anilines is 1. The van der Waals surface area contributed by atoms with E-state index in [4.69, 9.17) is 0 Å². The molecule has 2 aromatic rings. The van der Waals surface area contributed by atoms with Crippen molar-refractivity contribution in [3.8, 4) is 0 Å². The van der Waals surface area contributed by atoms with Gasteiger partial charge in [-0.3, -0.25) is 9.71 Å². The number of hydrogen-bond acceptors (Lipinski definition) is 4. The lowest BCUT2D eigenvalue weighted by atomic mass is 10.2. The van der Waals surface area contributed by atoms with Gasteiger partial charge in [-0.1, -0.05) is 26.0 Å². The Labute approximate surface area is 125 Å². The van der Waals surface area contributed by atoms with Crippen molar-refractivity contribution in [1.82, 2.24) is 10.3 Å². The molecule has 1 heterocycles. The summed E-state index contributed by atoms with van der Waals surface area (Å²) in [6.07, 6.45) is 2.86. The van der Waals surface area contributed by atoms with Crippen LogP contribution < -0.4 is 10.0 Å². The number of nitrogens with one attached hydrogen (secondary N) is 2. The standard InChI is InChI=1S/C15H19N3O2S/c1-12(2)17-10-13-5-3-6-14(9-13)18-21(19,20)15-7-4-8-16-11-15/h3-9,11-12,17-18H,10H2,1-2H3. The first-order valence-corrected chi connectivity index (χ1v) is 8.21. The summed E-state index contributed by atoms with van der Waals surface area (Å²) in [5, 5.41) is 3.30. The number of pyridine rings is 1. The third kappa shape index (κ3) is 4.54. The molecule has 0 aliphatic heterocycles. The summed E-state index contributed by atoms with van der Waals surface area (Å²) in [5.41, 5.74) is 1.57. The van der Waals surface area contributed by atoms with E-state index in [-0.39, 0.29) is 4.90 Å². The molecule has 2 N–H and O–H groups in total. The zero-order valence-corrected chi connectivity index (χ0v) is 12.9. The molecule has 0 amide bonds. The molecule has 0 unspecified atom stereocenters. The van der Waals surface area contributed by atoms with Crippen molar-refractivity contribution in [3.05, 3.63) is 54.4 Å². The van der Waals surface area contributed by atoms with Crippen molar-refractivity contribution in [1.29, 1.82) is 0 Å². The smallest absolute Gasteiger partial charge is 0.263 e. The first kappa shape index (κ1) is 15.5. The van der Waals surface area contributed by atoms with Gasteiger partial charge in [-0.05, 0) is 29.8 Å². The van der Waals surface area contributed by atoms with Crippen LogP contribution >= 0.6 is 0 Å². The molecule has 6 heteroatoms. The third-order valence-electron chi connectivity index (χ3n) is 2.84. The fourth-order valence-electron chi connectivity index (χ4n) is 1.79. The zero-order valence-electron chi connectivity index (χ0n) is 12.1. The Morgan fingerprint density at radius 3 is 2.67 bits per heavy atom. The minimum atomic E-state index is -3.59. The maximum Gasteiger partial charge on any atom is 0.263 e. The van der Waals surface area contributed by atoms with E-state index in [0.717, 1.165) is 5.56 Å². The van der Waals surface area contributed by atoms with E-state index < -0.39 is 10.0 Å². The Morgan fingerprint density at radius 2 is 2.00 bits per heavy atom. The van der Waals surface area contributed by atoms with Gasteiger partial charge in [0.15, 0.2) is 0 Å². The molecule has 1 aromatic carbocycles. The van der Waals surface area contributed by atoms with Crippen LogP contribution in [0.4, 0.5) is 5.69 Å². The molecule has 0 spiro atoms. The fourth-order valence-corrected chi connectivity index (χ4v) is 2.80. The first-order chi connectivity index (χ1) is 9.97. The minimum Gasteiger partial charge on any atom is -0.310 e. The van der Waals surface area contributed by atoms with Crippen LogP contribution in [0.5, 0.6) is 0 Å². The number of rotatable bonds is 6. The van der Waals surface area contributed by atoms with Gasteiger partial charge in [-0.15, -0.1) is 0 Å². The first-order valence-electron chi connectivity index (χ1n) is 6.72. The fraction of sp³-hybridized carbons (Fsp3) is 0.267. The van der Waals surface area contributed by atoms with Crippen LogP contribution in [-0.2, 0) is 16.6 Å². The molecular weight excluding hydrogens is 286 g/mol. The molecule has 0 radical (unpaired) electrons. The van der Waals surface area contributed by atoms with Crippen molar-refractivity contribution in [3.63, 3.8) is 0 Å². The van der Waals surface area contributed by atoms with Crippen LogP contribution in [0.1, 0.15) is 19.4 Å². The summed E-state index contributed by atoms with van der Waals surface area (Å²) in [6.45, 7) is 4.82. The number of nitrogens with zero attached hydrogens (tertiary/aromatic N) is 1. The highest BCUT2D eigenvalue weighted by Crippen LogP contribution is 2.16. The average Bonchev–Trinajstić information content (AvgIpc) is 2.46. The van der Waals surface area contributed by atoms with Gasteiger partial charge in [0.1, 0.15) is 4.90 Å². The molecular formula is C15H19N3O2S. The van der Waals surface area contributed by atoms with Gasteiger partial charge >= 0.3 is 0 Å². The largest absolute Gasteiger partial charge is 0.310 e. The van der Waals surface area contributed by atoms with E-state index in [1.807, 2.05) is 18.2 Å². The van der Waals surface area contributed by atoms with Crippen LogP contribution in [0.25, 0.3) is 0 Å². The Hall–Kier alpha value is -1.92. The lowest BCUT2D eigenvalue weighted by Crippen LogP contribution is -2.22. The van der Waals surface area contributed by atoms with Crippen LogP contribution in [0.3, 0.4) is 0 Å². The van der Waals surface area contributed by atoms with E-state index >= 15 is 0 Å². The van der Waals surface area contributed by atoms with Crippen molar-refractivity contribution < 1.29 is 8.42 Å². The second-order valence-electron chi connectivity index (χ2n) is 5.03. The second-order valence-corrected chi connectivity index (χ2v) is 6.71. The summed E-state index contributed by atoms with van der Waals surface area (Å²) in [7, 11) is -3.59. The summed E-state index contributed by atoms with van der Waals surface area (Å²) >= 11 is 0. The molecule has 1 aromatic heterocycles. The van der Waals surface area contributed by atoms with E-state index in [0.29, 0.717) is 18.3 Å². The van der Waals surface area contributed by atoms with Crippen molar-refractivity contribution in [2.45, 2.75) is 31.3 Å². The van der Waals surface area contributed by atoms with Crippen molar-refractivity contribution >= 4 is 15.7 Å². The number of hydrogen-bond donors (Lipinski definition) is 2. The molecule has 0 fully saturated rings. The zero-order chi connectivity index (χ0) is 15.3. The summed E-state index contributed by atoms with van der Waals surface area (Å²) < 4.78 is 27.0. The van der Waals surface area contributed by atoms with E-state index in [1.165, 1.54) is 18.5 Å². The van der Waals surface area contributed by atoms with Crippen molar-refractivity contribution in [2.24, 2.45) is 0 Å². The van der Waals surface area contributed by atoms with Crippen LogP contribution in [0.2, 0.25) is 0 Å². The SMILES string of the molecule is CC(C)NCc1cccc(NS(=O)(=O)c2cccnc2)c1. The van der Waals surface area contributed by atoms with Gasteiger partial charge in [0.05, 0.1) is 0 Å². The Kier molecular flexibility index (Phi) is 4.93. The molecule has 0 bridgehead atoms. The lowest BCUT2D eigenvalue weighted by molar-refractivity contribution is 0.589. The monoisotopic (exact) mass is 305 g/mol. The predicted octanol–water partition coefficient (Wildman–Crippen LogP) is 2.38. The minimum absolute atomic E-state index is 0.149. The van der Waals surface area contributed by atoms with Crippen LogP contribution in [-0.4, -0.2) is 19.4 Å². The molecule has 21 heavy (non-hydrogen) atoms. The van der Waals surface area contributed by atoms with Gasteiger partial charge in [-0.25, -0.2) is 8.42 Å². The topological polar surface area (TPSA) is 71.1 Å². The van der Waals surface area contributed by atoms with Gasteiger partial charge in [0.2, 0.25) is 0 Å². The van der Waals surface area contributed by atoms with Crippen LogP contribution in [0, 0.1) is 0 Å². The highest BCUT2D eigenvalue weighted by atomic mass is 32.2. The molecule has 0 saturated carbocycles. The molecule has 0 atom stereocenters. The normalized spacial score (nSPS) is 11.6. The summed E-state index contributed by atoms with van der Waals surface area (Å²) in [6, 6.07) is 10.8.